The van der Waals surface area contributed by atoms with Crippen molar-refractivity contribution in [2.45, 2.75) is 19.9 Å². The van der Waals surface area contributed by atoms with Gasteiger partial charge in [0.2, 0.25) is 0 Å². The summed E-state index contributed by atoms with van der Waals surface area (Å²) in [5.41, 5.74) is 7.61. The van der Waals surface area contributed by atoms with Crippen LogP contribution in [0.3, 0.4) is 0 Å². The molecule has 0 saturated heterocycles. The predicted molar refractivity (Wildman–Crippen MR) is 67.5 cm³/mol. The van der Waals surface area contributed by atoms with Gasteiger partial charge in [-0.2, -0.15) is 0 Å². The molecule has 0 aliphatic rings. The summed E-state index contributed by atoms with van der Waals surface area (Å²) in [6, 6.07) is 2.03. The fourth-order valence-corrected chi connectivity index (χ4v) is 2.07. The second-order valence-electron chi connectivity index (χ2n) is 3.69. The fourth-order valence-electron chi connectivity index (χ4n) is 1.43. The molecule has 2 rings (SSSR count). The van der Waals surface area contributed by atoms with E-state index in [9.17, 15) is 0 Å². The van der Waals surface area contributed by atoms with E-state index in [1.807, 2.05) is 25.3 Å². The Bertz CT molecular complexity index is 467. The maximum Gasteiger partial charge on any atom is 0.149 e. The maximum atomic E-state index is 5.88. The van der Waals surface area contributed by atoms with Gasteiger partial charge in [-0.3, -0.25) is 0 Å². The van der Waals surface area contributed by atoms with Gasteiger partial charge in [0, 0.05) is 17.8 Å². The van der Waals surface area contributed by atoms with Gasteiger partial charge in [-0.05, 0) is 25.5 Å². The van der Waals surface area contributed by atoms with Crippen LogP contribution in [0.1, 0.15) is 23.5 Å². The average molecular weight is 234 g/mol. The summed E-state index contributed by atoms with van der Waals surface area (Å²) in [4.78, 5) is 8.52. The number of nitrogens with two attached hydrogens (primary N) is 1. The highest BCUT2D eigenvalue weighted by Crippen LogP contribution is 2.23. The fraction of sp³-hybridized carbons (Fsp3) is 0.273. The smallest absolute Gasteiger partial charge is 0.149 e. The first-order chi connectivity index (χ1) is 7.66. The van der Waals surface area contributed by atoms with E-state index in [2.05, 4.69) is 15.3 Å². The lowest BCUT2D eigenvalue weighted by Gasteiger charge is -2.13. The van der Waals surface area contributed by atoms with Crippen molar-refractivity contribution in [2.75, 3.05) is 11.1 Å². The van der Waals surface area contributed by atoms with Crippen molar-refractivity contribution >= 4 is 22.8 Å². The van der Waals surface area contributed by atoms with Crippen LogP contribution < -0.4 is 11.1 Å². The van der Waals surface area contributed by atoms with Crippen LogP contribution in [0.2, 0.25) is 0 Å². The number of aryl methyl sites for hydroxylation is 1. The molecule has 2 heterocycles. The number of nitrogens with zero attached hydrogens (tertiary/aromatic N) is 2. The van der Waals surface area contributed by atoms with Gasteiger partial charge >= 0.3 is 0 Å². The van der Waals surface area contributed by atoms with Crippen LogP contribution in [-0.4, -0.2) is 9.97 Å². The van der Waals surface area contributed by atoms with Gasteiger partial charge in [0.05, 0.1) is 11.7 Å². The Morgan fingerprint density at radius 3 is 2.88 bits per heavy atom. The summed E-state index contributed by atoms with van der Waals surface area (Å²) < 4.78 is 0. The highest BCUT2D eigenvalue weighted by molar-refractivity contribution is 7.09. The minimum absolute atomic E-state index is 0.123. The Morgan fingerprint density at radius 1 is 1.44 bits per heavy atom. The molecule has 0 bridgehead atoms. The van der Waals surface area contributed by atoms with Crippen molar-refractivity contribution < 1.29 is 0 Å². The second-order valence-corrected chi connectivity index (χ2v) is 4.61. The summed E-state index contributed by atoms with van der Waals surface area (Å²) in [7, 11) is 0. The monoisotopic (exact) mass is 234 g/mol. The summed E-state index contributed by atoms with van der Waals surface area (Å²) in [5.74, 6) is 0.716. The van der Waals surface area contributed by atoms with Gasteiger partial charge in [0.25, 0.3) is 0 Å². The molecule has 3 N–H and O–H groups in total. The minimum atomic E-state index is 0.123. The molecule has 1 atom stereocenters. The SMILES string of the molecule is Cc1cnc(NC(C)c2nccs2)c(N)c1. The Balaban J connectivity index is 2.15. The Kier molecular flexibility index (Phi) is 3.05. The minimum Gasteiger partial charge on any atom is -0.396 e. The Morgan fingerprint density at radius 2 is 2.25 bits per heavy atom. The molecule has 0 fully saturated rings. The van der Waals surface area contributed by atoms with Gasteiger partial charge in [0.15, 0.2) is 0 Å². The third-order valence-electron chi connectivity index (χ3n) is 2.23. The topological polar surface area (TPSA) is 63.8 Å². The number of rotatable bonds is 3. The van der Waals surface area contributed by atoms with Crippen LogP contribution in [0.25, 0.3) is 0 Å². The lowest BCUT2D eigenvalue weighted by atomic mass is 10.2. The first-order valence-corrected chi connectivity index (χ1v) is 5.93. The third kappa shape index (κ3) is 2.30. The molecular weight excluding hydrogens is 220 g/mol. The molecule has 0 aromatic carbocycles. The van der Waals surface area contributed by atoms with Crippen molar-refractivity contribution in [1.29, 1.82) is 0 Å². The van der Waals surface area contributed by atoms with E-state index in [0.717, 1.165) is 10.6 Å². The molecule has 2 aromatic heterocycles. The normalized spacial score (nSPS) is 12.4. The van der Waals surface area contributed by atoms with Gasteiger partial charge in [-0.15, -0.1) is 11.3 Å². The van der Waals surface area contributed by atoms with E-state index in [4.69, 9.17) is 5.73 Å². The predicted octanol–water partition coefficient (Wildman–Crippen LogP) is 2.60. The molecule has 0 amide bonds. The van der Waals surface area contributed by atoms with Crippen LogP contribution in [0, 0.1) is 6.92 Å². The highest BCUT2D eigenvalue weighted by atomic mass is 32.1. The number of aromatic nitrogens is 2. The first kappa shape index (κ1) is 10.9. The largest absolute Gasteiger partial charge is 0.396 e. The van der Waals surface area contributed by atoms with E-state index < -0.39 is 0 Å². The summed E-state index contributed by atoms with van der Waals surface area (Å²) >= 11 is 1.62. The zero-order valence-corrected chi connectivity index (χ0v) is 10.1. The van der Waals surface area contributed by atoms with Crippen LogP contribution in [0.15, 0.2) is 23.8 Å². The molecule has 0 radical (unpaired) electrons. The van der Waals surface area contributed by atoms with Gasteiger partial charge in [-0.25, -0.2) is 9.97 Å². The molecular formula is C11H14N4S. The van der Waals surface area contributed by atoms with Crippen molar-refractivity contribution in [3.63, 3.8) is 0 Å². The second kappa shape index (κ2) is 4.49. The number of nitrogens with one attached hydrogen (secondary N) is 1. The van der Waals surface area contributed by atoms with Gasteiger partial charge < -0.3 is 11.1 Å². The van der Waals surface area contributed by atoms with Gasteiger partial charge in [0.1, 0.15) is 10.8 Å². The van der Waals surface area contributed by atoms with Crippen molar-refractivity contribution in [2.24, 2.45) is 0 Å². The van der Waals surface area contributed by atoms with E-state index in [1.54, 1.807) is 23.7 Å². The molecule has 0 aliphatic carbocycles. The van der Waals surface area contributed by atoms with Crippen LogP contribution >= 0.6 is 11.3 Å². The standard InChI is InChI=1S/C11H14N4S/c1-7-5-9(12)10(14-6-7)15-8(2)11-13-3-4-16-11/h3-6,8H,12H2,1-2H3,(H,14,15). The molecule has 0 aliphatic heterocycles. The molecule has 4 nitrogen and oxygen atoms in total. The molecule has 1 unspecified atom stereocenters. The van der Waals surface area contributed by atoms with E-state index in [0.29, 0.717) is 11.5 Å². The zero-order valence-electron chi connectivity index (χ0n) is 9.27. The number of thiazole rings is 1. The lowest BCUT2D eigenvalue weighted by Crippen LogP contribution is -2.09. The average Bonchev–Trinajstić information content (AvgIpc) is 2.75. The molecule has 0 saturated carbocycles. The van der Waals surface area contributed by atoms with Crippen molar-refractivity contribution in [1.82, 2.24) is 9.97 Å². The zero-order chi connectivity index (χ0) is 11.5. The molecule has 5 heteroatoms. The van der Waals surface area contributed by atoms with Gasteiger partial charge in [-0.1, -0.05) is 0 Å². The molecule has 16 heavy (non-hydrogen) atoms. The van der Waals surface area contributed by atoms with Crippen LogP contribution in [0.5, 0.6) is 0 Å². The summed E-state index contributed by atoms with van der Waals surface area (Å²) in [5, 5.41) is 6.24. The maximum absolute atomic E-state index is 5.88. The van der Waals surface area contributed by atoms with Crippen LogP contribution in [0.4, 0.5) is 11.5 Å². The van der Waals surface area contributed by atoms with E-state index in [1.165, 1.54) is 0 Å². The van der Waals surface area contributed by atoms with Crippen LogP contribution in [-0.2, 0) is 0 Å². The lowest BCUT2D eigenvalue weighted by molar-refractivity contribution is 0.861. The first-order valence-electron chi connectivity index (χ1n) is 5.05. The number of hydrogen-bond acceptors (Lipinski definition) is 5. The molecule has 84 valence electrons. The number of pyridine rings is 1. The number of nitrogen functional groups attached to an aromatic ring is 1. The molecule has 0 spiro atoms. The molecule has 2 aromatic rings. The summed E-state index contributed by atoms with van der Waals surface area (Å²) in [6.45, 7) is 4.01. The number of hydrogen-bond donors (Lipinski definition) is 2. The van der Waals surface area contributed by atoms with Crippen molar-refractivity contribution in [3.8, 4) is 0 Å². The highest BCUT2D eigenvalue weighted by Gasteiger charge is 2.10. The number of anilines is 2. The van der Waals surface area contributed by atoms with E-state index >= 15 is 0 Å². The third-order valence-corrected chi connectivity index (χ3v) is 3.19. The van der Waals surface area contributed by atoms with Crippen molar-refractivity contribution in [3.05, 3.63) is 34.4 Å². The summed E-state index contributed by atoms with van der Waals surface area (Å²) in [6.07, 6.45) is 3.59. The quantitative estimate of drug-likeness (QED) is 0.856. The Hall–Kier alpha value is -1.62. The van der Waals surface area contributed by atoms with E-state index in [-0.39, 0.29) is 6.04 Å². The Labute approximate surface area is 98.6 Å².